The molecule has 280 valence electrons. The van der Waals surface area contributed by atoms with Crippen LogP contribution in [0.2, 0.25) is 13.1 Å². The maximum absolute atomic E-state index is 4.93. The Balaban J connectivity index is 0.000000165. The van der Waals surface area contributed by atoms with E-state index in [-0.39, 0.29) is 0 Å². The molecule has 2 radical (unpaired) electrons. The molecule has 4 heteroatoms. The third-order valence-electron chi connectivity index (χ3n) is 12.4. The van der Waals surface area contributed by atoms with Crippen LogP contribution >= 0.6 is 17.0 Å². The summed E-state index contributed by atoms with van der Waals surface area (Å²) in [4.78, 5) is 0. The first-order valence-corrected chi connectivity index (χ1v) is 28.6. The molecule has 0 aromatic heterocycles. The van der Waals surface area contributed by atoms with Crippen molar-refractivity contribution in [3.05, 3.63) is 131 Å². The molecule has 0 atom stereocenters. The SMILES string of the molecule is CC(C)c1ccc(-c2cccc3[cH-]c(C(C)C)cc23)cc1.CCc1cc2c(-c3ccc(C45CC6CC(CC(C6)C4)C5)cc3)cccc2[cH-]1.C[Si]C.[Cl][Zr+2][Cl]. The standard InChI is InChI=1S/C27H29.C21H23.C2H6Si.2ClH.Zr/c1-2-18-13-23-4-3-5-25(26(23)14-18)22-6-8-24(9-7-22)27-15-19-10-20(16-27)12-21(11-19)17-27;1-14(2)16-8-10-17(11-9-16)20-7-5-6-18-12-19(15(3)4)13-21(18)20;1-3-2;;;/h3-9,13-14,19-21H,2,10-12,15-17H2,1H3;5-15H,1-4H3;1-2H3;2*1H;/q2*-1;;;;+4/p-2. The Bertz CT molecular complexity index is 2040. The Morgan fingerprint density at radius 2 is 1.13 bits per heavy atom. The molecule has 0 spiro atoms. The summed E-state index contributed by atoms with van der Waals surface area (Å²) in [7, 11) is 11.0. The van der Waals surface area contributed by atoms with Gasteiger partial charge in [-0.05, 0) is 102 Å². The molecule has 6 aromatic rings. The third kappa shape index (κ3) is 9.31. The van der Waals surface area contributed by atoms with Crippen molar-refractivity contribution in [2.45, 2.75) is 110 Å². The second kappa shape index (κ2) is 18.8. The molecule has 10 rings (SSSR count). The first-order chi connectivity index (χ1) is 26.1. The van der Waals surface area contributed by atoms with E-state index in [1.807, 2.05) is 0 Å². The van der Waals surface area contributed by atoms with Crippen LogP contribution in [0.5, 0.6) is 0 Å². The van der Waals surface area contributed by atoms with Gasteiger partial charge in [0.1, 0.15) is 0 Å². The second-order valence-electron chi connectivity index (χ2n) is 16.9. The van der Waals surface area contributed by atoms with E-state index in [9.17, 15) is 0 Å². The Hall–Kier alpha value is -2.22. The number of hydrogen-bond acceptors (Lipinski definition) is 0. The van der Waals surface area contributed by atoms with E-state index in [0.29, 0.717) is 17.3 Å². The summed E-state index contributed by atoms with van der Waals surface area (Å²) in [6, 6.07) is 41.6. The molecule has 4 fully saturated rings. The van der Waals surface area contributed by atoms with Crippen LogP contribution in [0, 0.1) is 17.8 Å². The summed E-state index contributed by atoms with van der Waals surface area (Å²) in [5.41, 5.74) is 11.8. The van der Waals surface area contributed by atoms with Gasteiger partial charge in [0, 0.05) is 9.52 Å². The van der Waals surface area contributed by atoms with Crippen molar-refractivity contribution in [2.24, 2.45) is 17.8 Å². The van der Waals surface area contributed by atoms with Crippen LogP contribution in [0.25, 0.3) is 43.8 Å². The van der Waals surface area contributed by atoms with E-state index in [4.69, 9.17) is 17.0 Å². The van der Waals surface area contributed by atoms with Crippen molar-refractivity contribution < 1.29 is 20.8 Å². The number of aryl methyl sites for hydroxylation is 1. The number of fused-ring (bicyclic) bond motifs is 2. The zero-order valence-electron chi connectivity index (χ0n) is 33.5. The van der Waals surface area contributed by atoms with Gasteiger partial charge in [-0.25, -0.2) is 0 Å². The van der Waals surface area contributed by atoms with Crippen LogP contribution in [-0.4, -0.2) is 9.52 Å². The Kier molecular flexibility index (Phi) is 14.4. The molecule has 0 saturated heterocycles. The quantitative estimate of drug-likeness (QED) is 0.116. The molecular weight excluding hydrogens is 791 g/mol. The van der Waals surface area contributed by atoms with Crippen molar-refractivity contribution in [1.82, 2.24) is 0 Å². The zero-order valence-corrected chi connectivity index (χ0v) is 38.5. The first kappa shape index (κ1) is 41.4. The second-order valence-corrected chi connectivity index (χ2v) is 21.6. The molecule has 6 aromatic carbocycles. The fourth-order valence-corrected chi connectivity index (χ4v) is 10.1. The van der Waals surface area contributed by atoms with Crippen LogP contribution in [0.1, 0.15) is 107 Å². The van der Waals surface area contributed by atoms with E-state index in [0.717, 1.165) is 33.7 Å². The Labute approximate surface area is 347 Å². The van der Waals surface area contributed by atoms with Gasteiger partial charge in [0.25, 0.3) is 0 Å². The van der Waals surface area contributed by atoms with Crippen molar-refractivity contribution in [1.29, 1.82) is 0 Å². The molecule has 0 aliphatic heterocycles. The van der Waals surface area contributed by atoms with E-state index in [1.54, 1.807) is 5.56 Å². The Morgan fingerprint density at radius 1 is 0.667 bits per heavy atom. The van der Waals surface area contributed by atoms with E-state index in [2.05, 4.69) is 157 Å². The molecule has 4 saturated carbocycles. The third-order valence-corrected chi connectivity index (χ3v) is 12.4. The predicted molar refractivity (Wildman–Crippen MR) is 237 cm³/mol. The van der Waals surface area contributed by atoms with Gasteiger partial charge in [-0.1, -0.05) is 120 Å². The molecule has 0 amide bonds. The van der Waals surface area contributed by atoms with Gasteiger partial charge in [-0.2, -0.15) is 12.1 Å². The first-order valence-electron chi connectivity index (χ1n) is 20.3. The summed E-state index contributed by atoms with van der Waals surface area (Å²) < 4.78 is 0. The average molecular weight is 849 g/mol. The fraction of sp³-hybridized carbons (Fsp3) is 0.400. The normalized spacial score (nSPS) is 20.9. The summed E-state index contributed by atoms with van der Waals surface area (Å²) >= 11 is -0.826. The van der Waals surface area contributed by atoms with Crippen molar-refractivity contribution in [2.75, 3.05) is 0 Å². The van der Waals surface area contributed by atoms with Gasteiger partial charge in [-0.3, -0.25) is 0 Å². The number of hydrogen-bond donors (Lipinski definition) is 0. The summed E-state index contributed by atoms with van der Waals surface area (Å²) in [6.07, 6.45) is 10.0. The molecule has 4 aliphatic carbocycles. The van der Waals surface area contributed by atoms with Crippen molar-refractivity contribution in [3.63, 3.8) is 0 Å². The topological polar surface area (TPSA) is 0 Å². The maximum atomic E-state index is 4.93. The van der Waals surface area contributed by atoms with E-state index >= 15 is 0 Å². The summed E-state index contributed by atoms with van der Waals surface area (Å²) in [5, 5.41) is 5.52. The van der Waals surface area contributed by atoms with Gasteiger partial charge < -0.3 is 0 Å². The Morgan fingerprint density at radius 3 is 1.59 bits per heavy atom. The minimum absolute atomic E-state index is 0.509. The molecule has 0 nitrogen and oxygen atoms in total. The van der Waals surface area contributed by atoms with Crippen molar-refractivity contribution in [3.8, 4) is 22.3 Å². The molecule has 0 heterocycles. The van der Waals surface area contributed by atoms with Gasteiger partial charge >= 0.3 is 37.9 Å². The van der Waals surface area contributed by atoms with Crippen LogP contribution in [-0.2, 0) is 32.7 Å². The monoisotopic (exact) mass is 846 g/mol. The predicted octanol–water partition coefficient (Wildman–Crippen LogP) is 15.9. The van der Waals surface area contributed by atoms with Gasteiger partial charge in [0.05, 0.1) is 0 Å². The van der Waals surface area contributed by atoms with Gasteiger partial charge in [0.2, 0.25) is 0 Å². The van der Waals surface area contributed by atoms with Crippen LogP contribution in [0.4, 0.5) is 0 Å². The summed E-state index contributed by atoms with van der Waals surface area (Å²) in [5.74, 6) is 4.21. The fourth-order valence-electron chi connectivity index (χ4n) is 10.1. The molecular formula is C50H58Cl2SiZr. The van der Waals surface area contributed by atoms with Crippen molar-refractivity contribution >= 4 is 48.1 Å². The van der Waals surface area contributed by atoms with E-state index in [1.165, 1.54) is 99.0 Å². The van der Waals surface area contributed by atoms with Crippen LogP contribution in [0.3, 0.4) is 0 Å². The van der Waals surface area contributed by atoms with Crippen LogP contribution in [0.15, 0.2) is 109 Å². The molecule has 0 N–H and O–H groups in total. The number of benzene rings is 4. The molecule has 54 heavy (non-hydrogen) atoms. The zero-order chi connectivity index (χ0) is 38.4. The van der Waals surface area contributed by atoms with Gasteiger partial charge in [0.15, 0.2) is 0 Å². The molecule has 4 bridgehead atoms. The minimum atomic E-state index is -0.826. The van der Waals surface area contributed by atoms with Gasteiger partial charge in [-0.15, -0.1) is 69.1 Å². The number of halogens is 2. The number of rotatable bonds is 6. The molecule has 0 unspecified atom stereocenters. The average Bonchev–Trinajstić information content (AvgIpc) is 3.81. The molecule has 4 aliphatic rings. The van der Waals surface area contributed by atoms with Crippen LogP contribution < -0.4 is 0 Å². The summed E-state index contributed by atoms with van der Waals surface area (Å²) in [6.45, 7) is 15.5. The van der Waals surface area contributed by atoms with E-state index < -0.39 is 20.8 Å².